The van der Waals surface area contributed by atoms with Crippen molar-refractivity contribution >= 4 is 11.9 Å². The summed E-state index contributed by atoms with van der Waals surface area (Å²) < 4.78 is 11.6. The molecule has 0 bridgehead atoms. The predicted octanol–water partition coefficient (Wildman–Crippen LogP) is 13.9. The van der Waals surface area contributed by atoms with Crippen molar-refractivity contribution in [2.45, 2.75) is 245 Å². The Bertz CT molecular complexity index is 818. The van der Waals surface area contributed by atoms with Gasteiger partial charge in [0.15, 0.2) is 0 Å². The van der Waals surface area contributed by atoms with Crippen molar-refractivity contribution in [3.8, 4) is 0 Å². The van der Waals surface area contributed by atoms with E-state index in [-0.39, 0.29) is 24.6 Å². The molecule has 2 saturated carbocycles. The molecule has 5 nitrogen and oxygen atoms in total. The van der Waals surface area contributed by atoms with Crippen LogP contribution < -0.4 is 0 Å². The molecule has 0 heterocycles. The zero-order valence-corrected chi connectivity index (χ0v) is 35.0. The lowest BCUT2D eigenvalue weighted by Gasteiger charge is -2.18. The number of aliphatic hydroxyl groups excluding tert-OH is 1. The lowest BCUT2D eigenvalue weighted by Crippen LogP contribution is -2.19. The molecule has 0 aliphatic heterocycles. The first kappa shape index (κ1) is 47.1. The summed E-state index contributed by atoms with van der Waals surface area (Å²) in [5.74, 6) is 4.31. The van der Waals surface area contributed by atoms with Gasteiger partial charge in [-0.3, -0.25) is 9.59 Å². The lowest BCUT2D eigenvalue weighted by molar-refractivity contribution is -0.150. The van der Waals surface area contributed by atoms with Gasteiger partial charge in [0.25, 0.3) is 0 Å². The van der Waals surface area contributed by atoms with Crippen molar-refractivity contribution < 1.29 is 24.2 Å². The molecule has 5 atom stereocenters. The Balaban J connectivity index is 1.47. The Morgan fingerprint density at radius 3 is 1.46 bits per heavy atom. The van der Waals surface area contributed by atoms with Crippen molar-refractivity contribution in [1.29, 1.82) is 0 Å². The summed E-state index contributed by atoms with van der Waals surface area (Å²) >= 11 is 0. The van der Waals surface area contributed by atoms with Crippen molar-refractivity contribution in [3.63, 3.8) is 0 Å². The van der Waals surface area contributed by atoms with Crippen LogP contribution >= 0.6 is 0 Å². The van der Waals surface area contributed by atoms with E-state index in [0.717, 1.165) is 75.0 Å². The quantitative estimate of drug-likeness (QED) is 0.0503. The third kappa shape index (κ3) is 25.8. The number of hydrogen-bond acceptors (Lipinski definition) is 5. The molecule has 0 spiro atoms. The van der Waals surface area contributed by atoms with Crippen molar-refractivity contribution in [1.82, 2.24) is 0 Å². The van der Waals surface area contributed by atoms with Crippen LogP contribution in [-0.4, -0.2) is 36.4 Å². The zero-order chi connectivity index (χ0) is 37.5. The lowest BCUT2D eigenvalue weighted by atomic mass is 9.92. The van der Waals surface area contributed by atoms with Gasteiger partial charge in [-0.2, -0.15) is 0 Å². The SMILES string of the molecule is CCCCCCCCCOC(=O)CCCCCCCC(CCO)CCCCCCCC(=O)OC(CCC1CC1CCCC)CCC1CC1CCCC. The monoisotopic (exact) mass is 733 g/mol. The average Bonchev–Trinajstić information content (AvgIpc) is 4.07. The molecule has 0 radical (unpaired) electrons. The zero-order valence-electron chi connectivity index (χ0n) is 35.0. The first-order valence-electron chi connectivity index (χ1n) is 23.5. The Morgan fingerprint density at radius 2 is 0.942 bits per heavy atom. The van der Waals surface area contributed by atoms with Gasteiger partial charge >= 0.3 is 11.9 Å². The molecule has 2 rings (SSSR count). The van der Waals surface area contributed by atoms with Crippen molar-refractivity contribution in [2.24, 2.45) is 29.6 Å². The topological polar surface area (TPSA) is 72.8 Å². The molecule has 306 valence electrons. The van der Waals surface area contributed by atoms with Gasteiger partial charge in [-0.15, -0.1) is 0 Å². The van der Waals surface area contributed by atoms with Crippen LogP contribution in [0.4, 0.5) is 0 Å². The van der Waals surface area contributed by atoms with E-state index in [9.17, 15) is 14.7 Å². The van der Waals surface area contributed by atoms with Gasteiger partial charge in [-0.05, 0) is 93.8 Å². The van der Waals surface area contributed by atoms with E-state index in [1.165, 1.54) is 154 Å². The fourth-order valence-electron chi connectivity index (χ4n) is 8.67. The molecule has 0 aromatic carbocycles. The van der Waals surface area contributed by atoms with E-state index in [1.54, 1.807) is 0 Å². The summed E-state index contributed by atoms with van der Waals surface area (Å²) in [5.41, 5.74) is 0. The minimum Gasteiger partial charge on any atom is -0.466 e. The maximum atomic E-state index is 12.9. The molecule has 2 aliphatic carbocycles. The number of rotatable bonds is 39. The van der Waals surface area contributed by atoms with Gasteiger partial charge in [0.05, 0.1) is 6.61 Å². The first-order valence-corrected chi connectivity index (χ1v) is 23.5. The summed E-state index contributed by atoms with van der Waals surface area (Å²) in [6.45, 7) is 7.71. The Hall–Kier alpha value is -1.10. The third-order valence-corrected chi connectivity index (χ3v) is 12.5. The van der Waals surface area contributed by atoms with Crippen LogP contribution in [0.15, 0.2) is 0 Å². The second-order valence-corrected chi connectivity index (χ2v) is 17.4. The van der Waals surface area contributed by atoms with Gasteiger partial charge in [-0.25, -0.2) is 0 Å². The fraction of sp³-hybridized carbons (Fsp3) is 0.957. The number of hydrogen-bond donors (Lipinski definition) is 1. The largest absolute Gasteiger partial charge is 0.466 e. The smallest absolute Gasteiger partial charge is 0.306 e. The minimum absolute atomic E-state index is 0.0210. The first-order chi connectivity index (χ1) is 25.5. The summed E-state index contributed by atoms with van der Waals surface area (Å²) in [5, 5.41) is 9.61. The number of carbonyl (C=O) groups is 2. The van der Waals surface area contributed by atoms with E-state index >= 15 is 0 Å². The molecule has 2 fully saturated rings. The van der Waals surface area contributed by atoms with E-state index < -0.39 is 0 Å². The van der Waals surface area contributed by atoms with E-state index in [1.807, 2.05) is 0 Å². The molecule has 1 N–H and O–H groups in total. The van der Waals surface area contributed by atoms with Crippen LogP contribution in [0.5, 0.6) is 0 Å². The molecule has 0 saturated heterocycles. The summed E-state index contributed by atoms with van der Waals surface area (Å²) in [4.78, 5) is 24.9. The van der Waals surface area contributed by atoms with Crippen LogP contribution in [0, 0.1) is 29.6 Å². The number of carbonyl (C=O) groups excluding carboxylic acids is 2. The van der Waals surface area contributed by atoms with Crippen LogP contribution in [0.25, 0.3) is 0 Å². The number of aliphatic hydroxyl groups is 1. The molecule has 5 unspecified atom stereocenters. The normalized spacial score (nSPS) is 20.5. The molecule has 52 heavy (non-hydrogen) atoms. The van der Waals surface area contributed by atoms with Gasteiger partial charge in [0.2, 0.25) is 0 Å². The molecule has 0 aromatic heterocycles. The van der Waals surface area contributed by atoms with Crippen molar-refractivity contribution in [3.05, 3.63) is 0 Å². The fourth-order valence-corrected chi connectivity index (χ4v) is 8.67. The minimum atomic E-state index is -0.0210. The highest BCUT2D eigenvalue weighted by Crippen LogP contribution is 2.47. The van der Waals surface area contributed by atoms with E-state index in [4.69, 9.17) is 9.47 Å². The highest BCUT2D eigenvalue weighted by molar-refractivity contribution is 5.69. The summed E-state index contributed by atoms with van der Waals surface area (Å²) in [6, 6.07) is 0. The van der Waals surface area contributed by atoms with Crippen LogP contribution in [-0.2, 0) is 19.1 Å². The van der Waals surface area contributed by atoms with Gasteiger partial charge in [0, 0.05) is 19.4 Å². The Morgan fingerprint density at radius 1 is 0.500 bits per heavy atom. The highest BCUT2D eigenvalue weighted by Gasteiger charge is 2.38. The highest BCUT2D eigenvalue weighted by atomic mass is 16.5. The van der Waals surface area contributed by atoms with E-state index in [2.05, 4.69) is 20.8 Å². The molecule has 0 aromatic rings. The van der Waals surface area contributed by atoms with Crippen LogP contribution in [0.1, 0.15) is 239 Å². The molecule has 2 aliphatic rings. The number of ether oxygens (including phenoxy) is 2. The summed E-state index contributed by atoms with van der Waals surface area (Å²) in [7, 11) is 0. The molecular weight excluding hydrogens is 645 g/mol. The van der Waals surface area contributed by atoms with Crippen molar-refractivity contribution in [2.75, 3.05) is 13.2 Å². The molecule has 0 amide bonds. The second-order valence-electron chi connectivity index (χ2n) is 17.4. The maximum Gasteiger partial charge on any atom is 0.306 e. The van der Waals surface area contributed by atoms with Gasteiger partial charge < -0.3 is 14.6 Å². The number of esters is 2. The molecular formula is C47H88O5. The maximum absolute atomic E-state index is 12.9. The molecule has 5 heteroatoms. The Labute approximate surface area is 323 Å². The number of unbranched alkanes of at least 4 members (excludes halogenated alkanes) is 16. The Kier molecular flexibility index (Phi) is 29.1. The van der Waals surface area contributed by atoms with E-state index in [0.29, 0.717) is 25.4 Å². The second kappa shape index (κ2) is 32.2. The van der Waals surface area contributed by atoms with Crippen LogP contribution in [0.2, 0.25) is 0 Å². The van der Waals surface area contributed by atoms with Crippen LogP contribution in [0.3, 0.4) is 0 Å². The average molecular weight is 733 g/mol. The predicted molar refractivity (Wildman–Crippen MR) is 219 cm³/mol. The van der Waals surface area contributed by atoms with Gasteiger partial charge in [0.1, 0.15) is 6.10 Å². The van der Waals surface area contributed by atoms with Gasteiger partial charge in [-0.1, -0.05) is 162 Å². The standard InChI is InChI=1S/C47H88O5/c1-4-7-10-11-12-19-24-37-51-46(49)29-22-17-13-15-20-25-40(35-36-48)26-21-16-14-18-23-30-47(50)52-45(33-31-43-38-41(43)27-8-5-2)34-32-44-39-42(44)28-9-6-3/h40-45,48H,4-39H2,1-3H3. The summed E-state index contributed by atoms with van der Waals surface area (Å²) in [6.07, 6.45) is 40.3. The third-order valence-electron chi connectivity index (χ3n) is 12.5.